The lowest BCUT2D eigenvalue weighted by atomic mass is 10.1. The van der Waals surface area contributed by atoms with Crippen LogP contribution in [0.25, 0.3) is 11.0 Å². The van der Waals surface area contributed by atoms with E-state index in [-0.39, 0.29) is 52.7 Å². The number of nitrogens with zero attached hydrogens (tertiary/aromatic N) is 3. The summed E-state index contributed by atoms with van der Waals surface area (Å²) in [5.74, 6) is -0.0237. The standard InChI is InChI=1S/C24H25F3N4O5S/c1-12-10-31(11-13(2)37(12,34)35)23(33)16-5-7-17(8-6-16)36-14(3)18-9-19-21(28-15(4)29-22(19)32)30-20(18)24(25,26)27/h5-9,12-14H,10-11H2,1-4H3,(H,28,29,30,32). The van der Waals surface area contributed by atoms with Crippen LogP contribution in [0, 0.1) is 6.92 Å². The number of hydrogen-bond acceptors (Lipinski definition) is 7. The minimum atomic E-state index is -4.81. The SMILES string of the molecule is Cc1nc2nc(C(F)(F)F)c(C(C)Oc3ccc(C(=O)N4CC(C)S(=O)(=O)C(C)C4)cc3)cc2c(=O)[nH]1. The normalized spacial score (nSPS) is 20.6. The molecule has 1 aliphatic heterocycles. The molecule has 1 saturated heterocycles. The second kappa shape index (κ2) is 9.43. The van der Waals surface area contributed by atoms with E-state index in [1.54, 1.807) is 13.8 Å². The van der Waals surface area contributed by atoms with Gasteiger partial charge in [-0.05, 0) is 58.0 Å². The second-order valence-electron chi connectivity index (χ2n) is 9.15. The number of ether oxygens (including phenoxy) is 1. The molecule has 0 bridgehead atoms. The number of carbonyl (C=O) groups is 1. The maximum atomic E-state index is 13.8. The van der Waals surface area contributed by atoms with Crippen LogP contribution >= 0.6 is 0 Å². The van der Waals surface area contributed by atoms with Crippen molar-refractivity contribution in [2.45, 2.75) is 50.5 Å². The summed E-state index contributed by atoms with van der Waals surface area (Å²) in [6.07, 6.45) is -5.96. The van der Waals surface area contributed by atoms with Crippen LogP contribution < -0.4 is 10.3 Å². The minimum absolute atomic E-state index is 0.0729. The minimum Gasteiger partial charge on any atom is -0.486 e. The van der Waals surface area contributed by atoms with Crippen molar-refractivity contribution in [2.75, 3.05) is 13.1 Å². The molecule has 13 heteroatoms. The van der Waals surface area contributed by atoms with Gasteiger partial charge in [0.15, 0.2) is 21.2 Å². The van der Waals surface area contributed by atoms with Gasteiger partial charge in [0.25, 0.3) is 11.5 Å². The molecule has 198 valence electrons. The molecule has 1 aliphatic rings. The number of halogens is 3. The summed E-state index contributed by atoms with van der Waals surface area (Å²) in [5.41, 5.74) is -2.19. The number of hydrogen-bond donors (Lipinski definition) is 1. The molecule has 3 unspecified atom stereocenters. The molecule has 1 fully saturated rings. The highest BCUT2D eigenvalue weighted by atomic mass is 32.2. The third kappa shape index (κ3) is 5.17. The van der Waals surface area contributed by atoms with Gasteiger partial charge in [-0.15, -0.1) is 0 Å². The van der Waals surface area contributed by atoms with E-state index in [1.165, 1.54) is 43.0 Å². The number of nitrogens with one attached hydrogen (secondary N) is 1. The number of pyridine rings is 1. The van der Waals surface area contributed by atoms with E-state index in [4.69, 9.17) is 4.74 Å². The lowest BCUT2D eigenvalue weighted by Crippen LogP contribution is -2.52. The number of fused-ring (bicyclic) bond motifs is 1. The summed E-state index contributed by atoms with van der Waals surface area (Å²) in [6, 6.07) is 6.88. The molecule has 0 radical (unpaired) electrons. The quantitative estimate of drug-likeness (QED) is 0.540. The highest BCUT2D eigenvalue weighted by Gasteiger charge is 2.39. The Hall–Kier alpha value is -3.48. The molecule has 1 amide bonds. The predicted molar refractivity (Wildman–Crippen MR) is 129 cm³/mol. The lowest BCUT2D eigenvalue weighted by Gasteiger charge is -2.34. The van der Waals surface area contributed by atoms with Gasteiger partial charge in [-0.25, -0.2) is 18.4 Å². The van der Waals surface area contributed by atoms with Gasteiger partial charge in [-0.3, -0.25) is 9.59 Å². The van der Waals surface area contributed by atoms with Gasteiger partial charge in [0.1, 0.15) is 17.7 Å². The molecule has 37 heavy (non-hydrogen) atoms. The van der Waals surface area contributed by atoms with E-state index in [0.717, 1.165) is 6.07 Å². The fraction of sp³-hybridized carbons (Fsp3) is 0.417. The van der Waals surface area contributed by atoms with Crippen LogP contribution in [-0.4, -0.2) is 57.8 Å². The number of aromatic nitrogens is 3. The molecule has 9 nitrogen and oxygen atoms in total. The first kappa shape index (κ1) is 26.6. The van der Waals surface area contributed by atoms with Crippen LogP contribution in [0.15, 0.2) is 35.1 Å². The van der Waals surface area contributed by atoms with Crippen LogP contribution in [0.1, 0.15) is 54.3 Å². The smallest absolute Gasteiger partial charge is 0.433 e. The van der Waals surface area contributed by atoms with Gasteiger partial charge in [0.2, 0.25) is 0 Å². The molecule has 3 aromatic rings. The molecule has 2 aromatic heterocycles. The molecule has 1 aromatic carbocycles. The Balaban J connectivity index is 1.58. The molecule has 1 N–H and O–H groups in total. The molecule has 4 rings (SSSR count). The van der Waals surface area contributed by atoms with Crippen molar-refractivity contribution in [1.29, 1.82) is 0 Å². The maximum absolute atomic E-state index is 13.8. The van der Waals surface area contributed by atoms with Crippen LogP contribution in [0.5, 0.6) is 5.75 Å². The highest BCUT2D eigenvalue weighted by Crippen LogP contribution is 2.36. The Labute approximate surface area is 210 Å². The van der Waals surface area contributed by atoms with E-state index in [1.807, 2.05) is 0 Å². The van der Waals surface area contributed by atoms with Gasteiger partial charge in [-0.2, -0.15) is 13.2 Å². The molecule has 0 spiro atoms. The predicted octanol–water partition coefficient (Wildman–Crippen LogP) is 3.43. The van der Waals surface area contributed by atoms with Crippen molar-refractivity contribution < 1.29 is 31.1 Å². The number of aromatic amines is 1. The Morgan fingerprint density at radius 1 is 1.14 bits per heavy atom. The summed E-state index contributed by atoms with van der Waals surface area (Å²) in [4.78, 5) is 36.6. The van der Waals surface area contributed by atoms with Gasteiger partial charge >= 0.3 is 6.18 Å². The maximum Gasteiger partial charge on any atom is 0.433 e. The Kier molecular flexibility index (Phi) is 6.78. The number of aryl methyl sites for hydroxylation is 1. The summed E-state index contributed by atoms with van der Waals surface area (Å²) in [5, 5.41) is -1.47. The number of benzene rings is 1. The molecule has 3 heterocycles. The molecule has 3 atom stereocenters. The monoisotopic (exact) mass is 538 g/mol. The number of H-pyrrole nitrogens is 1. The fourth-order valence-corrected chi connectivity index (χ4v) is 5.89. The third-order valence-corrected chi connectivity index (χ3v) is 8.87. The third-order valence-electron chi connectivity index (χ3n) is 6.33. The van der Waals surface area contributed by atoms with Crippen molar-refractivity contribution in [3.05, 3.63) is 63.3 Å². The van der Waals surface area contributed by atoms with Crippen molar-refractivity contribution in [1.82, 2.24) is 19.9 Å². The fourth-order valence-electron chi connectivity index (χ4n) is 4.32. The number of alkyl halides is 3. The van der Waals surface area contributed by atoms with Crippen molar-refractivity contribution in [3.63, 3.8) is 0 Å². The summed E-state index contributed by atoms with van der Waals surface area (Å²) in [6.45, 7) is 6.10. The highest BCUT2D eigenvalue weighted by molar-refractivity contribution is 7.92. The summed E-state index contributed by atoms with van der Waals surface area (Å²) in [7, 11) is -3.29. The van der Waals surface area contributed by atoms with Crippen LogP contribution in [-0.2, 0) is 16.0 Å². The van der Waals surface area contributed by atoms with Crippen LogP contribution in [0.2, 0.25) is 0 Å². The van der Waals surface area contributed by atoms with Gasteiger partial charge in [-0.1, -0.05) is 0 Å². The Morgan fingerprint density at radius 2 is 1.73 bits per heavy atom. The van der Waals surface area contributed by atoms with Gasteiger partial charge in [0.05, 0.1) is 15.9 Å². The summed E-state index contributed by atoms with van der Waals surface area (Å²) < 4.78 is 71.5. The Bertz CT molecular complexity index is 1500. The molecular weight excluding hydrogens is 513 g/mol. The molecule has 0 aliphatic carbocycles. The topological polar surface area (TPSA) is 122 Å². The lowest BCUT2D eigenvalue weighted by molar-refractivity contribution is -0.142. The zero-order valence-corrected chi connectivity index (χ0v) is 21.3. The average molecular weight is 539 g/mol. The number of sulfone groups is 1. The number of rotatable bonds is 4. The van der Waals surface area contributed by atoms with Crippen LogP contribution in [0.4, 0.5) is 13.2 Å². The van der Waals surface area contributed by atoms with Crippen LogP contribution in [0.3, 0.4) is 0 Å². The van der Waals surface area contributed by atoms with Crippen molar-refractivity contribution in [3.8, 4) is 5.75 Å². The zero-order chi connectivity index (χ0) is 27.3. The van der Waals surface area contributed by atoms with E-state index in [9.17, 15) is 31.2 Å². The Morgan fingerprint density at radius 3 is 2.30 bits per heavy atom. The molecular formula is C24H25F3N4O5S. The largest absolute Gasteiger partial charge is 0.486 e. The van der Waals surface area contributed by atoms with Crippen molar-refractivity contribution in [2.24, 2.45) is 0 Å². The molecule has 0 saturated carbocycles. The average Bonchev–Trinajstić information content (AvgIpc) is 2.81. The first-order valence-electron chi connectivity index (χ1n) is 11.5. The zero-order valence-electron chi connectivity index (χ0n) is 20.5. The van der Waals surface area contributed by atoms with E-state index in [2.05, 4.69) is 15.0 Å². The van der Waals surface area contributed by atoms with Gasteiger partial charge < -0.3 is 14.6 Å². The van der Waals surface area contributed by atoms with E-state index in [0.29, 0.717) is 0 Å². The second-order valence-corrected chi connectivity index (χ2v) is 11.9. The summed E-state index contributed by atoms with van der Waals surface area (Å²) >= 11 is 0. The van der Waals surface area contributed by atoms with Crippen molar-refractivity contribution >= 4 is 26.8 Å². The van der Waals surface area contributed by atoms with Gasteiger partial charge in [0, 0.05) is 24.2 Å². The van der Waals surface area contributed by atoms with E-state index >= 15 is 0 Å². The first-order valence-corrected chi connectivity index (χ1v) is 13.1. The van der Waals surface area contributed by atoms with E-state index < -0.39 is 43.9 Å². The first-order chi connectivity index (χ1) is 17.2. The number of carbonyl (C=O) groups excluding carboxylic acids is 1. The number of amides is 1.